The van der Waals surface area contributed by atoms with Crippen molar-refractivity contribution in [1.29, 1.82) is 0 Å². The van der Waals surface area contributed by atoms with Crippen molar-refractivity contribution in [3.05, 3.63) is 0 Å². The van der Waals surface area contributed by atoms with Crippen LogP contribution in [-0.4, -0.2) is 18.0 Å². The topological polar surface area (TPSA) is 26.3 Å². The predicted octanol–water partition coefficient (Wildman–Crippen LogP) is 2.98. The molecule has 0 radical (unpaired) electrons. The van der Waals surface area contributed by atoms with Crippen LogP contribution in [-0.2, 0) is 9.53 Å². The molecule has 0 aliphatic heterocycles. The first-order chi connectivity index (χ1) is 6.63. The maximum absolute atomic E-state index is 10.9. The van der Waals surface area contributed by atoms with E-state index in [0.29, 0.717) is 0 Å². The van der Waals surface area contributed by atoms with E-state index in [9.17, 15) is 4.79 Å². The van der Waals surface area contributed by atoms with Crippen LogP contribution in [0.2, 0.25) is 0 Å². The summed E-state index contributed by atoms with van der Waals surface area (Å²) in [5.74, 6) is 1.25. The van der Waals surface area contributed by atoms with Gasteiger partial charge in [0, 0.05) is 0 Å². The number of carbonyl (C=O) groups is 1. The molecule has 1 aliphatic carbocycles. The van der Waals surface area contributed by atoms with Crippen molar-refractivity contribution in [2.75, 3.05) is 5.88 Å². The van der Waals surface area contributed by atoms with E-state index >= 15 is 0 Å². The Hall–Kier alpha value is -0.240. The molecule has 0 spiro atoms. The molecular formula is C11H19ClO2. The zero-order chi connectivity index (χ0) is 10.6. The third-order valence-electron chi connectivity index (χ3n) is 3.07. The lowest BCUT2D eigenvalue weighted by Crippen LogP contribution is -2.26. The van der Waals surface area contributed by atoms with Crippen molar-refractivity contribution in [1.82, 2.24) is 0 Å². The van der Waals surface area contributed by atoms with Crippen molar-refractivity contribution in [3.8, 4) is 0 Å². The van der Waals surface area contributed by atoms with Gasteiger partial charge >= 0.3 is 5.97 Å². The molecule has 1 fully saturated rings. The second kappa shape index (κ2) is 5.59. The highest BCUT2D eigenvalue weighted by Crippen LogP contribution is 2.31. The van der Waals surface area contributed by atoms with Crippen molar-refractivity contribution in [3.63, 3.8) is 0 Å². The van der Waals surface area contributed by atoms with Gasteiger partial charge in [-0.15, -0.1) is 11.6 Å². The van der Waals surface area contributed by atoms with Gasteiger partial charge in [0.2, 0.25) is 0 Å². The van der Waals surface area contributed by atoms with Gasteiger partial charge < -0.3 is 4.74 Å². The smallest absolute Gasteiger partial charge is 0.321 e. The molecule has 1 saturated carbocycles. The van der Waals surface area contributed by atoms with E-state index in [2.05, 4.69) is 13.8 Å². The molecule has 0 bridgehead atoms. The van der Waals surface area contributed by atoms with E-state index in [-0.39, 0.29) is 18.0 Å². The van der Waals surface area contributed by atoms with Gasteiger partial charge in [-0.05, 0) is 37.5 Å². The Balaban J connectivity index is 2.25. The molecule has 0 atom stereocenters. The molecule has 0 aromatic heterocycles. The summed E-state index contributed by atoms with van der Waals surface area (Å²) in [6, 6.07) is 0. The van der Waals surface area contributed by atoms with Crippen molar-refractivity contribution in [2.45, 2.75) is 45.6 Å². The highest BCUT2D eigenvalue weighted by molar-refractivity contribution is 6.26. The van der Waals surface area contributed by atoms with Crippen LogP contribution >= 0.6 is 11.6 Å². The first-order valence-electron chi connectivity index (χ1n) is 5.39. The summed E-state index contributed by atoms with van der Waals surface area (Å²) in [7, 11) is 0. The summed E-state index contributed by atoms with van der Waals surface area (Å²) in [6.07, 6.45) is 4.49. The zero-order valence-electron chi connectivity index (χ0n) is 8.96. The average molecular weight is 219 g/mol. The molecule has 0 saturated heterocycles. The Kier molecular flexibility index (Phi) is 4.73. The van der Waals surface area contributed by atoms with Gasteiger partial charge in [0.1, 0.15) is 12.0 Å². The lowest BCUT2D eigenvalue weighted by molar-refractivity contribution is -0.147. The lowest BCUT2D eigenvalue weighted by Gasteiger charge is -2.30. The number of alkyl halides is 1. The van der Waals surface area contributed by atoms with Crippen LogP contribution < -0.4 is 0 Å². The minimum absolute atomic E-state index is 0.0237. The summed E-state index contributed by atoms with van der Waals surface area (Å²) in [5.41, 5.74) is 0. The highest BCUT2D eigenvalue weighted by Gasteiger charge is 2.25. The van der Waals surface area contributed by atoms with E-state index in [4.69, 9.17) is 16.3 Å². The molecule has 0 amide bonds. The molecule has 82 valence electrons. The highest BCUT2D eigenvalue weighted by atomic mass is 35.5. The summed E-state index contributed by atoms with van der Waals surface area (Å²) in [4.78, 5) is 10.9. The maximum Gasteiger partial charge on any atom is 0.321 e. The van der Waals surface area contributed by atoms with Crippen LogP contribution in [0.15, 0.2) is 0 Å². The second-order valence-electron chi connectivity index (χ2n) is 4.40. The molecule has 0 aromatic rings. The maximum atomic E-state index is 10.9. The van der Waals surface area contributed by atoms with E-state index in [1.165, 1.54) is 12.8 Å². The molecule has 0 aromatic carbocycles. The Labute approximate surface area is 91.0 Å². The summed E-state index contributed by atoms with van der Waals surface area (Å²) in [6.45, 7) is 4.52. The minimum Gasteiger partial charge on any atom is -0.461 e. The molecule has 1 rings (SSSR count). The third-order valence-corrected chi connectivity index (χ3v) is 3.29. The number of carbonyl (C=O) groups excluding carboxylic acids is 1. The zero-order valence-corrected chi connectivity index (χ0v) is 9.72. The second-order valence-corrected chi connectivity index (χ2v) is 4.67. The quantitative estimate of drug-likeness (QED) is 0.538. The van der Waals surface area contributed by atoms with Crippen LogP contribution in [0.25, 0.3) is 0 Å². The Morgan fingerprint density at radius 3 is 2.36 bits per heavy atom. The first kappa shape index (κ1) is 11.8. The van der Waals surface area contributed by atoms with Gasteiger partial charge in [0.25, 0.3) is 0 Å². The summed E-state index contributed by atoms with van der Waals surface area (Å²) < 4.78 is 5.20. The van der Waals surface area contributed by atoms with Gasteiger partial charge in [-0.25, -0.2) is 0 Å². The van der Waals surface area contributed by atoms with Crippen LogP contribution in [0.3, 0.4) is 0 Å². The molecule has 0 heterocycles. The average Bonchev–Trinajstić information content (AvgIpc) is 2.18. The molecular weight excluding hydrogens is 200 g/mol. The number of hydrogen-bond acceptors (Lipinski definition) is 2. The number of esters is 1. The number of hydrogen-bond donors (Lipinski definition) is 0. The van der Waals surface area contributed by atoms with Gasteiger partial charge in [-0.2, -0.15) is 0 Å². The fraction of sp³-hybridized carbons (Fsp3) is 0.909. The molecule has 1 aliphatic rings. The fourth-order valence-corrected chi connectivity index (χ4v) is 2.15. The molecule has 2 nitrogen and oxygen atoms in total. The van der Waals surface area contributed by atoms with E-state index in [1.807, 2.05) is 0 Å². The molecule has 3 heteroatoms. The third kappa shape index (κ3) is 3.49. The molecule has 14 heavy (non-hydrogen) atoms. The van der Waals surface area contributed by atoms with E-state index in [1.54, 1.807) is 0 Å². The molecule has 0 unspecified atom stereocenters. The Morgan fingerprint density at radius 1 is 1.36 bits per heavy atom. The monoisotopic (exact) mass is 218 g/mol. The SMILES string of the molecule is CC(C)C1CCC(OC(=O)CCl)CC1. The summed E-state index contributed by atoms with van der Waals surface area (Å²) in [5, 5.41) is 0. The fourth-order valence-electron chi connectivity index (χ4n) is 2.09. The van der Waals surface area contributed by atoms with Gasteiger partial charge in [-0.1, -0.05) is 13.8 Å². The van der Waals surface area contributed by atoms with Gasteiger partial charge in [-0.3, -0.25) is 4.79 Å². The van der Waals surface area contributed by atoms with Crippen LogP contribution in [0.1, 0.15) is 39.5 Å². The first-order valence-corrected chi connectivity index (χ1v) is 5.92. The summed E-state index contributed by atoms with van der Waals surface area (Å²) >= 11 is 5.38. The van der Waals surface area contributed by atoms with Crippen molar-refractivity contribution >= 4 is 17.6 Å². The Bertz CT molecular complexity index is 184. The standard InChI is InChI=1S/C11H19ClO2/c1-8(2)9-3-5-10(6-4-9)14-11(13)7-12/h8-10H,3-7H2,1-2H3. The van der Waals surface area contributed by atoms with E-state index in [0.717, 1.165) is 24.7 Å². The normalized spacial score (nSPS) is 27.7. The van der Waals surface area contributed by atoms with E-state index < -0.39 is 0 Å². The van der Waals surface area contributed by atoms with Gasteiger partial charge in [0.15, 0.2) is 0 Å². The minimum atomic E-state index is -0.278. The number of halogens is 1. The van der Waals surface area contributed by atoms with Crippen LogP contribution in [0.4, 0.5) is 0 Å². The Morgan fingerprint density at radius 2 is 1.93 bits per heavy atom. The van der Waals surface area contributed by atoms with Crippen molar-refractivity contribution < 1.29 is 9.53 Å². The van der Waals surface area contributed by atoms with Gasteiger partial charge in [0.05, 0.1) is 0 Å². The number of ether oxygens (including phenoxy) is 1. The predicted molar refractivity (Wildman–Crippen MR) is 57.4 cm³/mol. The lowest BCUT2D eigenvalue weighted by atomic mass is 9.80. The largest absolute Gasteiger partial charge is 0.461 e. The number of rotatable bonds is 3. The molecule has 0 N–H and O–H groups in total. The van der Waals surface area contributed by atoms with Crippen LogP contribution in [0, 0.1) is 11.8 Å². The van der Waals surface area contributed by atoms with Crippen LogP contribution in [0.5, 0.6) is 0 Å². The van der Waals surface area contributed by atoms with Crippen molar-refractivity contribution in [2.24, 2.45) is 11.8 Å².